The Bertz CT molecular complexity index is 1250. The predicted octanol–water partition coefficient (Wildman–Crippen LogP) is 8.09. The highest BCUT2D eigenvalue weighted by molar-refractivity contribution is 9.09. The summed E-state index contributed by atoms with van der Waals surface area (Å²) in [7, 11) is 0. The molecule has 3 nitrogen and oxygen atoms in total. The third-order valence-electron chi connectivity index (χ3n) is 4.72. The molecular formula is C24H18BrF3O3S. The SMILES string of the molecule is CC(F)(F)c1cc(F)ccc1-c1sc2cc(O)ccc2c1Oc1ccc(OCCBr)cc1. The molecule has 8 heteroatoms. The summed E-state index contributed by atoms with van der Waals surface area (Å²) < 4.78 is 54.8. The zero-order valence-corrected chi connectivity index (χ0v) is 19.3. The number of thiophene rings is 1. The topological polar surface area (TPSA) is 38.7 Å². The largest absolute Gasteiger partial charge is 0.508 e. The maximum absolute atomic E-state index is 14.3. The van der Waals surface area contributed by atoms with E-state index in [-0.39, 0.29) is 11.3 Å². The summed E-state index contributed by atoms with van der Waals surface area (Å²) in [6.45, 7) is 1.25. The number of phenols is 1. The summed E-state index contributed by atoms with van der Waals surface area (Å²) in [4.78, 5) is 0.418. The lowest BCUT2D eigenvalue weighted by Gasteiger charge is -2.16. The molecule has 1 N–H and O–H groups in total. The van der Waals surface area contributed by atoms with Crippen LogP contribution in [0, 0.1) is 5.82 Å². The highest BCUT2D eigenvalue weighted by Gasteiger charge is 2.31. The molecule has 0 bridgehead atoms. The number of alkyl halides is 3. The van der Waals surface area contributed by atoms with Gasteiger partial charge >= 0.3 is 0 Å². The molecule has 0 unspecified atom stereocenters. The van der Waals surface area contributed by atoms with Crippen LogP contribution in [0.5, 0.6) is 23.0 Å². The Hall–Kier alpha value is -2.71. The van der Waals surface area contributed by atoms with Crippen molar-refractivity contribution < 1.29 is 27.8 Å². The van der Waals surface area contributed by atoms with Crippen LogP contribution < -0.4 is 9.47 Å². The lowest BCUT2D eigenvalue weighted by molar-refractivity contribution is 0.0178. The maximum atomic E-state index is 14.3. The van der Waals surface area contributed by atoms with Gasteiger partial charge in [-0.3, -0.25) is 0 Å². The number of benzene rings is 3. The minimum Gasteiger partial charge on any atom is -0.508 e. The molecule has 32 heavy (non-hydrogen) atoms. The number of halogens is 4. The first-order valence-electron chi connectivity index (χ1n) is 9.66. The van der Waals surface area contributed by atoms with E-state index in [1.54, 1.807) is 36.4 Å². The Morgan fingerprint density at radius 2 is 1.72 bits per heavy atom. The molecule has 0 amide bonds. The molecule has 0 spiro atoms. The Morgan fingerprint density at radius 1 is 1.00 bits per heavy atom. The van der Waals surface area contributed by atoms with Crippen molar-refractivity contribution in [2.75, 3.05) is 11.9 Å². The van der Waals surface area contributed by atoms with Gasteiger partial charge < -0.3 is 14.6 Å². The molecule has 0 atom stereocenters. The fourth-order valence-corrected chi connectivity index (χ4v) is 4.66. The van der Waals surface area contributed by atoms with Crippen molar-refractivity contribution in [1.82, 2.24) is 0 Å². The highest BCUT2D eigenvalue weighted by Crippen LogP contribution is 2.50. The highest BCUT2D eigenvalue weighted by atomic mass is 79.9. The molecule has 4 aromatic rings. The fourth-order valence-electron chi connectivity index (χ4n) is 3.30. The molecular weight excluding hydrogens is 505 g/mol. The number of rotatable bonds is 7. The molecule has 0 saturated carbocycles. The van der Waals surface area contributed by atoms with Crippen LogP contribution in [0.2, 0.25) is 0 Å². The maximum Gasteiger partial charge on any atom is 0.271 e. The van der Waals surface area contributed by atoms with Gasteiger partial charge in [-0.1, -0.05) is 22.0 Å². The van der Waals surface area contributed by atoms with Crippen molar-refractivity contribution in [3.8, 4) is 33.4 Å². The van der Waals surface area contributed by atoms with Crippen LogP contribution in [-0.2, 0) is 5.92 Å². The lowest BCUT2D eigenvalue weighted by Crippen LogP contribution is -2.09. The van der Waals surface area contributed by atoms with Crippen molar-refractivity contribution in [3.05, 3.63) is 72.0 Å². The Kier molecular flexibility index (Phi) is 6.35. The van der Waals surface area contributed by atoms with E-state index in [4.69, 9.17) is 9.47 Å². The first-order chi connectivity index (χ1) is 15.3. The number of phenolic OH excluding ortho intramolecular Hbond substituents is 1. The average Bonchev–Trinajstić information content (AvgIpc) is 3.09. The number of hydrogen-bond donors (Lipinski definition) is 1. The van der Waals surface area contributed by atoms with E-state index in [0.717, 1.165) is 19.1 Å². The second-order valence-corrected chi connectivity index (χ2v) is 8.98. The van der Waals surface area contributed by atoms with Crippen LogP contribution in [0.1, 0.15) is 12.5 Å². The van der Waals surface area contributed by atoms with Gasteiger partial charge in [-0.15, -0.1) is 11.3 Å². The van der Waals surface area contributed by atoms with Crippen molar-refractivity contribution in [2.45, 2.75) is 12.8 Å². The van der Waals surface area contributed by atoms with E-state index >= 15 is 0 Å². The third kappa shape index (κ3) is 4.71. The van der Waals surface area contributed by atoms with E-state index in [0.29, 0.717) is 44.1 Å². The van der Waals surface area contributed by atoms with Gasteiger partial charge in [0.15, 0.2) is 5.75 Å². The quantitative estimate of drug-likeness (QED) is 0.249. The van der Waals surface area contributed by atoms with Crippen molar-refractivity contribution in [2.24, 2.45) is 0 Å². The van der Waals surface area contributed by atoms with E-state index in [2.05, 4.69) is 15.9 Å². The minimum absolute atomic E-state index is 0.0466. The second-order valence-electron chi connectivity index (χ2n) is 7.13. The van der Waals surface area contributed by atoms with Crippen LogP contribution in [0.3, 0.4) is 0 Å². The van der Waals surface area contributed by atoms with E-state index in [1.165, 1.54) is 23.5 Å². The van der Waals surface area contributed by atoms with Crippen LogP contribution in [0.15, 0.2) is 60.7 Å². The number of fused-ring (bicyclic) bond motifs is 1. The molecule has 166 valence electrons. The summed E-state index contributed by atoms with van der Waals surface area (Å²) in [5, 5.41) is 11.2. The fraction of sp³-hybridized carbons (Fsp3) is 0.167. The second kappa shape index (κ2) is 9.03. The summed E-state index contributed by atoms with van der Waals surface area (Å²) in [5.41, 5.74) is -0.261. The van der Waals surface area contributed by atoms with Gasteiger partial charge in [0.1, 0.15) is 23.1 Å². The smallest absolute Gasteiger partial charge is 0.271 e. The van der Waals surface area contributed by atoms with E-state index in [1.807, 2.05) is 0 Å². The summed E-state index contributed by atoms with van der Waals surface area (Å²) in [5.74, 6) is -2.45. The molecule has 0 aliphatic heterocycles. The van der Waals surface area contributed by atoms with Gasteiger partial charge in [-0.2, -0.15) is 0 Å². The van der Waals surface area contributed by atoms with Crippen molar-refractivity contribution in [1.29, 1.82) is 0 Å². The molecule has 0 fully saturated rings. The van der Waals surface area contributed by atoms with Gasteiger partial charge in [0.25, 0.3) is 5.92 Å². The van der Waals surface area contributed by atoms with Gasteiger partial charge in [0.2, 0.25) is 0 Å². The first kappa shape index (κ1) is 22.5. The normalized spacial score (nSPS) is 11.7. The number of ether oxygens (including phenoxy) is 2. The Labute approximate surface area is 195 Å². The first-order valence-corrected chi connectivity index (χ1v) is 11.6. The number of aromatic hydroxyl groups is 1. The minimum atomic E-state index is -3.26. The van der Waals surface area contributed by atoms with E-state index < -0.39 is 17.3 Å². The molecule has 3 aromatic carbocycles. The van der Waals surface area contributed by atoms with E-state index in [9.17, 15) is 18.3 Å². The van der Waals surface area contributed by atoms with Crippen LogP contribution in [-0.4, -0.2) is 17.0 Å². The predicted molar refractivity (Wildman–Crippen MR) is 124 cm³/mol. The van der Waals surface area contributed by atoms with Crippen molar-refractivity contribution >= 4 is 37.4 Å². The standard InChI is InChI=1S/C24H18BrF3O3S/c1-24(27,28)20-12-14(26)2-8-18(20)23-22(19-9-3-15(29)13-21(19)32-23)31-17-6-4-16(5-7-17)30-11-10-25/h2-9,12-13,29H,10-11H2,1H3. The molecule has 0 aliphatic rings. The zero-order valence-electron chi connectivity index (χ0n) is 16.9. The Balaban J connectivity index is 1.84. The molecule has 1 aromatic heterocycles. The average molecular weight is 523 g/mol. The zero-order chi connectivity index (χ0) is 22.9. The third-order valence-corrected chi connectivity index (χ3v) is 6.21. The molecule has 4 rings (SSSR count). The van der Waals surface area contributed by atoms with Gasteiger partial charge in [-0.25, -0.2) is 13.2 Å². The van der Waals surface area contributed by atoms with Crippen LogP contribution >= 0.6 is 27.3 Å². The molecule has 0 saturated heterocycles. The lowest BCUT2D eigenvalue weighted by atomic mass is 10.00. The van der Waals surface area contributed by atoms with Gasteiger partial charge in [-0.05, 0) is 54.6 Å². The summed E-state index contributed by atoms with van der Waals surface area (Å²) in [6.07, 6.45) is 0. The van der Waals surface area contributed by atoms with Gasteiger partial charge in [0.05, 0.1) is 11.5 Å². The Morgan fingerprint density at radius 3 is 2.41 bits per heavy atom. The monoisotopic (exact) mass is 522 g/mol. The number of hydrogen-bond acceptors (Lipinski definition) is 4. The summed E-state index contributed by atoms with van der Waals surface area (Å²) in [6, 6.07) is 15.0. The molecule has 0 aliphatic carbocycles. The molecule has 1 heterocycles. The molecule has 0 radical (unpaired) electrons. The van der Waals surface area contributed by atoms with Crippen LogP contribution in [0.25, 0.3) is 20.5 Å². The summed E-state index contributed by atoms with van der Waals surface area (Å²) >= 11 is 4.49. The van der Waals surface area contributed by atoms with Crippen LogP contribution in [0.4, 0.5) is 13.2 Å². The van der Waals surface area contributed by atoms with Gasteiger partial charge in [0, 0.05) is 33.5 Å². The van der Waals surface area contributed by atoms with Crippen molar-refractivity contribution in [3.63, 3.8) is 0 Å².